The van der Waals surface area contributed by atoms with Crippen LogP contribution in [0.15, 0.2) is 0 Å². The van der Waals surface area contributed by atoms with E-state index in [9.17, 15) is 16.8 Å². The molecular weight excluding hydrogens is 306 g/mol. The van der Waals surface area contributed by atoms with Gasteiger partial charge in [-0.05, 0) is 0 Å². The Labute approximate surface area is 101 Å². The van der Waals surface area contributed by atoms with Crippen LogP contribution in [0.25, 0.3) is 0 Å². The van der Waals surface area contributed by atoms with Gasteiger partial charge >= 0.3 is 0 Å². The minimum absolute atomic E-state index is 0. The zero-order valence-corrected chi connectivity index (χ0v) is 12.4. The molecule has 0 aliphatic carbocycles. The van der Waals surface area contributed by atoms with Gasteiger partial charge < -0.3 is 10.2 Å². The fourth-order valence-electron chi connectivity index (χ4n) is 0.231. The van der Waals surface area contributed by atoms with Crippen molar-refractivity contribution in [2.75, 3.05) is 24.7 Å². The summed E-state index contributed by atoms with van der Waals surface area (Å²) in [7, 11) is -7.85. The van der Waals surface area contributed by atoms with Crippen molar-refractivity contribution in [1.29, 1.82) is 0 Å². The van der Waals surface area contributed by atoms with E-state index in [-0.39, 0.29) is 19.5 Å². The Kier molecular flexibility index (Phi) is 13.2. The Bertz CT molecular complexity index is 285. The Hall–Kier alpha value is 0.363. The first-order chi connectivity index (χ1) is 6.12. The van der Waals surface area contributed by atoms with Crippen molar-refractivity contribution in [2.24, 2.45) is 0 Å². The van der Waals surface area contributed by atoms with E-state index in [0.717, 1.165) is 0 Å². The number of aliphatic hydroxyl groups is 2. The number of rotatable bonds is 4. The van der Waals surface area contributed by atoms with Gasteiger partial charge in [0.05, 0.1) is 24.7 Å². The fourth-order valence-corrected chi connectivity index (χ4v) is 0.692. The maximum absolute atomic E-state index is 9.63. The molecule has 0 aromatic rings. The third-order valence-corrected chi connectivity index (χ3v) is 2.10. The molecule has 0 heterocycles. The van der Waals surface area contributed by atoms with Gasteiger partial charge in [0, 0.05) is 19.5 Å². The second-order valence-electron chi connectivity index (χ2n) is 2.02. The predicted octanol–water partition coefficient (Wildman–Crippen LogP) is -2.27. The molecular formula is C4H12O8S2Zn. The summed E-state index contributed by atoms with van der Waals surface area (Å²) in [4.78, 5) is 0. The van der Waals surface area contributed by atoms with Crippen molar-refractivity contribution in [2.45, 2.75) is 0 Å². The third kappa shape index (κ3) is 31.4. The maximum Gasteiger partial charge on any atom is 0.267 e. The zero-order valence-electron chi connectivity index (χ0n) is 7.77. The first kappa shape index (κ1) is 20.7. The molecule has 0 saturated carbocycles. The Morgan fingerprint density at radius 3 is 0.933 bits per heavy atom. The van der Waals surface area contributed by atoms with Crippen LogP contribution in [0.1, 0.15) is 0 Å². The average molecular weight is 318 g/mol. The largest absolute Gasteiger partial charge is 0.395 e. The summed E-state index contributed by atoms with van der Waals surface area (Å²) in [5.41, 5.74) is 0. The van der Waals surface area contributed by atoms with E-state index in [4.69, 9.17) is 19.3 Å². The molecule has 0 fully saturated rings. The smallest absolute Gasteiger partial charge is 0.267 e. The van der Waals surface area contributed by atoms with Gasteiger partial charge in [-0.3, -0.25) is 9.11 Å². The van der Waals surface area contributed by atoms with Crippen molar-refractivity contribution in [3.8, 4) is 0 Å². The van der Waals surface area contributed by atoms with Crippen LogP contribution in [0.4, 0.5) is 0 Å². The van der Waals surface area contributed by atoms with E-state index < -0.39 is 45.0 Å². The summed E-state index contributed by atoms with van der Waals surface area (Å²) in [6.45, 7) is -1.06. The van der Waals surface area contributed by atoms with Gasteiger partial charge in [-0.25, -0.2) is 0 Å². The van der Waals surface area contributed by atoms with Gasteiger partial charge in [0.15, 0.2) is 0 Å². The van der Waals surface area contributed by atoms with Crippen LogP contribution in [0, 0.1) is 0 Å². The maximum atomic E-state index is 9.63. The van der Waals surface area contributed by atoms with Crippen molar-refractivity contribution in [1.82, 2.24) is 0 Å². The van der Waals surface area contributed by atoms with Gasteiger partial charge in [-0.1, -0.05) is 0 Å². The molecule has 0 aliphatic heterocycles. The van der Waals surface area contributed by atoms with Crippen molar-refractivity contribution in [3.05, 3.63) is 0 Å². The normalized spacial score (nSPS) is 10.9. The summed E-state index contributed by atoms with van der Waals surface area (Å²) in [6, 6.07) is 0. The molecule has 0 amide bonds. The molecule has 0 aromatic carbocycles. The first-order valence-electron chi connectivity index (χ1n) is 3.24. The third-order valence-electron chi connectivity index (χ3n) is 0.698. The van der Waals surface area contributed by atoms with Crippen molar-refractivity contribution >= 4 is 20.2 Å². The monoisotopic (exact) mass is 316 g/mol. The van der Waals surface area contributed by atoms with E-state index in [0.29, 0.717) is 0 Å². The molecule has 0 atom stereocenters. The topological polar surface area (TPSA) is 149 Å². The van der Waals surface area contributed by atoms with Crippen molar-refractivity contribution in [3.63, 3.8) is 0 Å². The van der Waals surface area contributed by atoms with Crippen molar-refractivity contribution < 1.29 is 55.6 Å². The molecule has 0 unspecified atom stereocenters. The van der Waals surface area contributed by atoms with E-state index >= 15 is 0 Å². The molecule has 90 valence electrons. The van der Waals surface area contributed by atoms with Gasteiger partial charge in [0.2, 0.25) is 0 Å². The molecule has 15 heavy (non-hydrogen) atoms. The zero-order chi connectivity index (χ0) is 11.8. The predicted molar refractivity (Wildman–Crippen MR) is 47.0 cm³/mol. The average Bonchev–Trinajstić information content (AvgIpc) is 1.81. The van der Waals surface area contributed by atoms with Crippen LogP contribution in [-0.2, 0) is 39.7 Å². The van der Waals surface area contributed by atoms with Crippen LogP contribution in [0.3, 0.4) is 0 Å². The Morgan fingerprint density at radius 2 is 0.933 bits per heavy atom. The number of hydrogen-bond donors (Lipinski definition) is 4. The molecule has 0 aromatic heterocycles. The van der Waals surface area contributed by atoms with E-state index in [1.165, 1.54) is 0 Å². The minimum Gasteiger partial charge on any atom is -0.395 e. The Balaban J connectivity index is -0.000000180. The second kappa shape index (κ2) is 9.58. The van der Waals surface area contributed by atoms with Crippen LogP contribution in [0.5, 0.6) is 0 Å². The number of hydrogen-bond acceptors (Lipinski definition) is 6. The summed E-state index contributed by atoms with van der Waals surface area (Å²) in [5.74, 6) is -1.15. The summed E-state index contributed by atoms with van der Waals surface area (Å²) in [5, 5.41) is 15.7. The van der Waals surface area contributed by atoms with Gasteiger partial charge in [0.25, 0.3) is 20.2 Å². The summed E-state index contributed by atoms with van der Waals surface area (Å²) >= 11 is 0. The SMILES string of the molecule is O=S(=O)(O)CCO.O=S(=O)(O)CCO.[Zn]. The number of aliphatic hydroxyl groups excluding tert-OH is 2. The van der Waals surface area contributed by atoms with Crippen LogP contribution in [0.2, 0.25) is 0 Å². The molecule has 0 radical (unpaired) electrons. The van der Waals surface area contributed by atoms with E-state index in [2.05, 4.69) is 0 Å². The van der Waals surface area contributed by atoms with Gasteiger partial charge in [-0.15, -0.1) is 0 Å². The molecule has 4 N–H and O–H groups in total. The standard InChI is InChI=1S/2C2H6O4S.Zn/c2*3-1-2-7(4,5)6;/h2*3H,1-2H2,(H,4,5,6);. The molecule has 0 bridgehead atoms. The van der Waals surface area contributed by atoms with E-state index in [1.54, 1.807) is 0 Å². The van der Waals surface area contributed by atoms with Crippen LogP contribution >= 0.6 is 0 Å². The molecule has 0 saturated heterocycles. The van der Waals surface area contributed by atoms with Gasteiger partial charge in [-0.2, -0.15) is 16.8 Å². The molecule has 11 heteroatoms. The fraction of sp³-hybridized carbons (Fsp3) is 1.00. The Morgan fingerprint density at radius 1 is 0.733 bits per heavy atom. The van der Waals surface area contributed by atoms with E-state index in [1.807, 2.05) is 0 Å². The second-order valence-corrected chi connectivity index (χ2v) is 5.16. The molecule has 0 rings (SSSR count). The van der Waals surface area contributed by atoms with Crippen LogP contribution < -0.4 is 0 Å². The van der Waals surface area contributed by atoms with Crippen LogP contribution in [-0.4, -0.2) is 60.9 Å². The summed E-state index contributed by atoms with van der Waals surface area (Å²) in [6.07, 6.45) is 0. The molecule has 0 aliphatic rings. The van der Waals surface area contributed by atoms with Gasteiger partial charge in [0.1, 0.15) is 0 Å². The molecule has 0 spiro atoms. The molecule has 8 nitrogen and oxygen atoms in total. The minimum atomic E-state index is -3.92. The first-order valence-corrected chi connectivity index (χ1v) is 6.46. The quantitative estimate of drug-likeness (QED) is 0.335. The summed E-state index contributed by atoms with van der Waals surface area (Å²) < 4.78 is 54.2.